The van der Waals surface area contributed by atoms with Crippen LogP contribution >= 0.6 is 0 Å². The van der Waals surface area contributed by atoms with E-state index in [1.165, 1.54) is 0 Å². The molecule has 7 heteroatoms. The highest BCUT2D eigenvalue weighted by Crippen LogP contribution is 2.44. The van der Waals surface area contributed by atoms with Crippen molar-refractivity contribution in [3.8, 4) is 11.1 Å². The first-order valence-corrected chi connectivity index (χ1v) is 11.6. The average molecular weight is 451 g/mol. The number of carbonyl (C=O) groups is 3. The van der Waals surface area contributed by atoms with Gasteiger partial charge in [0.05, 0.1) is 5.92 Å². The fourth-order valence-corrected chi connectivity index (χ4v) is 4.97. The molecule has 3 atom stereocenters. The predicted octanol–water partition coefficient (Wildman–Crippen LogP) is 4.06. The van der Waals surface area contributed by atoms with Gasteiger partial charge < -0.3 is 20.5 Å². The summed E-state index contributed by atoms with van der Waals surface area (Å²) >= 11 is 0. The second-order valence-electron chi connectivity index (χ2n) is 8.89. The van der Waals surface area contributed by atoms with Crippen LogP contribution in [0.25, 0.3) is 11.1 Å². The molecule has 33 heavy (non-hydrogen) atoms. The number of hydrogen-bond donors (Lipinski definition) is 3. The van der Waals surface area contributed by atoms with Crippen LogP contribution in [0.1, 0.15) is 56.1 Å². The third-order valence-corrected chi connectivity index (χ3v) is 6.73. The monoisotopic (exact) mass is 450 g/mol. The van der Waals surface area contributed by atoms with E-state index in [2.05, 4.69) is 22.8 Å². The first kappa shape index (κ1) is 22.8. The molecular formula is C26H30N2O5. The number of amides is 2. The van der Waals surface area contributed by atoms with Gasteiger partial charge in [0, 0.05) is 12.0 Å². The summed E-state index contributed by atoms with van der Waals surface area (Å²) in [7, 11) is 0. The van der Waals surface area contributed by atoms with Crippen LogP contribution in [0.4, 0.5) is 4.79 Å². The van der Waals surface area contributed by atoms with Gasteiger partial charge >= 0.3 is 12.1 Å². The standard InChI is InChI=1S/C26H30N2O5/c1-16(24(29)28-23-14-4-2-3-13-21(23)25(30)31)27-26(32)33-15-22-19-11-7-5-9-17(19)18-10-6-8-12-20(18)22/h5-12,16,21-23H,2-4,13-15H2,1H3,(H,27,32)(H,28,29)(H,30,31)/t16-,21+,23-/m0/s1. The Bertz CT molecular complexity index is 991. The summed E-state index contributed by atoms with van der Waals surface area (Å²) in [4.78, 5) is 36.7. The lowest BCUT2D eigenvalue weighted by Gasteiger charge is -2.25. The Morgan fingerprint density at radius 3 is 2.21 bits per heavy atom. The van der Waals surface area contributed by atoms with Crippen LogP contribution in [0, 0.1) is 5.92 Å². The van der Waals surface area contributed by atoms with E-state index in [4.69, 9.17) is 4.74 Å². The van der Waals surface area contributed by atoms with Gasteiger partial charge in [0.2, 0.25) is 5.91 Å². The predicted molar refractivity (Wildman–Crippen MR) is 124 cm³/mol. The van der Waals surface area contributed by atoms with Gasteiger partial charge in [-0.25, -0.2) is 4.79 Å². The Hall–Kier alpha value is -3.35. The van der Waals surface area contributed by atoms with Gasteiger partial charge in [0.15, 0.2) is 0 Å². The Morgan fingerprint density at radius 1 is 0.970 bits per heavy atom. The largest absolute Gasteiger partial charge is 0.481 e. The molecule has 0 unspecified atom stereocenters. The van der Waals surface area contributed by atoms with E-state index < -0.39 is 36.0 Å². The molecule has 2 aromatic carbocycles. The summed E-state index contributed by atoms with van der Waals surface area (Å²) in [6, 6.07) is 14.9. The van der Waals surface area contributed by atoms with Crippen LogP contribution in [-0.4, -0.2) is 41.8 Å². The van der Waals surface area contributed by atoms with E-state index in [0.717, 1.165) is 41.5 Å². The van der Waals surface area contributed by atoms with E-state index in [-0.39, 0.29) is 12.5 Å². The molecule has 2 aliphatic rings. The Balaban J connectivity index is 1.33. The first-order chi connectivity index (χ1) is 16.0. The third kappa shape index (κ3) is 5.02. The molecule has 0 aliphatic heterocycles. The van der Waals surface area contributed by atoms with Crippen molar-refractivity contribution in [1.29, 1.82) is 0 Å². The van der Waals surface area contributed by atoms with Gasteiger partial charge in [-0.1, -0.05) is 67.8 Å². The van der Waals surface area contributed by atoms with Crippen molar-refractivity contribution >= 4 is 18.0 Å². The summed E-state index contributed by atoms with van der Waals surface area (Å²) < 4.78 is 5.51. The summed E-state index contributed by atoms with van der Waals surface area (Å²) in [5.74, 6) is -1.95. The highest BCUT2D eigenvalue weighted by molar-refractivity contribution is 5.86. The van der Waals surface area contributed by atoms with E-state index in [1.54, 1.807) is 6.92 Å². The third-order valence-electron chi connectivity index (χ3n) is 6.73. The number of nitrogens with one attached hydrogen (secondary N) is 2. The fraction of sp³-hybridized carbons (Fsp3) is 0.423. The van der Waals surface area contributed by atoms with Gasteiger partial charge in [-0.3, -0.25) is 9.59 Å². The maximum atomic E-state index is 12.6. The van der Waals surface area contributed by atoms with Gasteiger partial charge in [0.1, 0.15) is 12.6 Å². The molecule has 3 N–H and O–H groups in total. The number of carboxylic acids is 1. The molecule has 1 saturated carbocycles. The second-order valence-corrected chi connectivity index (χ2v) is 8.89. The number of hydrogen-bond acceptors (Lipinski definition) is 4. The van der Waals surface area contributed by atoms with Crippen LogP contribution in [0.2, 0.25) is 0 Å². The summed E-state index contributed by atoms with van der Waals surface area (Å²) in [5, 5.41) is 14.9. The molecule has 1 fully saturated rings. The topological polar surface area (TPSA) is 105 Å². The first-order valence-electron chi connectivity index (χ1n) is 11.6. The van der Waals surface area contributed by atoms with Crippen LogP contribution in [-0.2, 0) is 14.3 Å². The van der Waals surface area contributed by atoms with E-state index in [1.807, 2.05) is 36.4 Å². The zero-order valence-corrected chi connectivity index (χ0v) is 18.8. The SMILES string of the molecule is C[C@H](NC(=O)OCC1c2ccccc2-c2ccccc21)C(=O)N[C@H]1CCCCC[C@H]1C(=O)O. The summed E-state index contributed by atoms with van der Waals surface area (Å²) in [5.41, 5.74) is 4.52. The molecule has 0 aromatic heterocycles. The highest BCUT2D eigenvalue weighted by Gasteiger charge is 2.32. The molecule has 0 bridgehead atoms. The number of alkyl carbamates (subject to hydrolysis) is 1. The maximum absolute atomic E-state index is 12.6. The molecule has 0 spiro atoms. The molecular weight excluding hydrogens is 420 g/mol. The van der Waals surface area contributed by atoms with Crippen molar-refractivity contribution in [3.63, 3.8) is 0 Å². The minimum atomic E-state index is -0.889. The number of benzene rings is 2. The second kappa shape index (κ2) is 10.1. The van der Waals surface area contributed by atoms with E-state index in [9.17, 15) is 19.5 Å². The lowest BCUT2D eigenvalue weighted by Crippen LogP contribution is -2.51. The average Bonchev–Trinajstić information content (AvgIpc) is 2.94. The van der Waals surface area contributed by atoms with Crippen molar-refractivity contribution < 1.29 is 24.2 Å². The normalized spacial score (nSPS) is 20.6. The highest BCUT2D eigenvalue weighted by atomic mass is 16.5. The van der Waals surface area contributed by atoms with Crippen molar-refractivity contribution in [3.05, 3.63) is 59.7 Å². The number of aliphatic carboxylic acids is 1. The molecule has 2 aliphatic carbocycles. The zero-order valence-electron chi connectivity index (χ0n) is 18.8. The number of ether oxygens (including phenoxy) is 1. The molecule has 0 heterocycles. The van der Waals surface area contributed by atoms with Crippen LogP contribution in [0.3, 0.4) is 0 Å². The van der Waals surface area contributed by atoms with Gasteiger partial charge in [0.25, 0.3) is 0 Å². The summed E-state index contributed by atoms with van der Waals surface area (Å²) in [6.07, 6.45) is 3.19. The van der Waals surface area contributed by atoms with E-state index in [0.29, 0.717) is 12.8 Å². The smallest absolute Gasteiger partial charge is 0.407 e. The van der Waals surface area contributed by atoms with Crippen molar-refractivity contribution in [1.82, 2.24) is 10.6 Å². The summed E-state index contributed by atoms with van der Waals surface area (Å²) in [6.45, 7) is 1.74. The maximum Gasteiger partial charge on any atom is 0.407 e. The Kier molecular flexibility index (Phi) is 6.96. The number of fused-ring (bicyclic) bond motifs is 3. The van der Waals surface area contributed by atoms with Gasteiger partial charge in [-0.05, 0) is 42.0 Å². The van der Waals surface area contributed by atoms with E-state index >= 15 is 0 Å². The van der Waals surface area contributed by atoms with Crippen LogP contribution in [0.5, 0.6) is 0 Å². The Morgan fingerprint density at radius 2 is 1.58 bits per heavy atom. The minimum absolute atomic E-state index is 0.0606. The van der Waals surface area contributed by atoms with Gasteiger partial charge in [-0.2, -0.15) is 0 Å². The Labute approximate surface area is 193 Å². The number of carbonyl (C=O) groups excluding carboxylic acids is 2. The fourth-order valence-electron chi connectivity index (χ4n) is 4.97. The molecule has 4 rings (SSSR count). The lowest BCUT2D eigenvalue weighted by molar-refractivity contribution is -0.143. The zero-order chi connectivity index (χ0) is 23.4. The van der Waals surface area contributed by atoms with Gasteiger partial charge in [-0.15, -0.1) is 0 Å². The quantitative estimate of drug-likeness (QED) is 0.576. The van der Waals surface area contributed by atoms with Crippen molar-refractivity contribution in [2.75, 3.05) is 6.61 Å². The van der Waals surface area contributed by atoms with Crippen molar-refractivity contribution in [2.24, 2.45) is 5.92 Å². The molecule has 0 radical (unpaired) electrons. The molecule has 174 valence electrons. The lowest BCUT2D eigenvalue weighted by atomic mass is 9.94. The van der Waals surface area contributed by atoms with Crippen LogP contribution in [0.15, 0.2) is 48.5 Å². The molecule has 2 amide bonds. The van der Waals surface area contributed by atoms with Crippen molar-refractivity contribution in [2.45, 2.75) is 57.0 Å². The molecule has 2 aromatic rings. The molecule has 7 nitrogen and oxygen atoms in total. The molecule has 0 saturated heterocycles. The minimum Gasteiger partial charge on any atom is -0.481 e. The number of carboxylic acid groups (broad SMARTS) is 1. The van der Waals surface area contributed by atoms with Crippen LogP contribution < -0.4 is 10.6 Å². The number of rotatable bonds is 6.